The maximum atomic E-state index is 13.2. The van der Waals surface area contributed by atoms with Gasteiger partial charge >= 0.3 is 6.30 Å². The van der Waals surface area contributed by atoms with E-state index in [1.165, 1.54) is 38.1 Å². The van der Waals surface area contributed by atoms with Gasteiger partial charge in [-0.3, -0.25) is 14.4 Å². The van der Waals surface area contributed by atoms with Gasteiger partial charge in [-0.1, -0.05) is 44.2 Å². The van der Waals surface area contributed by atoms with Gasteiger partial charge in [0.2, 0.25) is 11.7 Å². The Morgan fingerprint density at radius 1 is 1.14 bits per heavy atom. The number of ketones is 1. The highest BCUT2D eigenvalue weighted by Gasteiger charge is 2.43. The quantitative estimate of drug-likeness (QED) is 0.420. The Kier molecular flexibility index (Phi) is 8.13. The van der Waals surface area contributed by atoms with Gasteiger partial charge in [-0.05, 0) is 5.56 Å². The summed E-state index contributed by atoms with van der Waals surface area (Å²) in [6, 6.07) is 7.39. The Hall–Kier alpha value is -2.46. The van der Waals surface area contributed by atoms with Crippen LogP contribution in [0, 0.1) is 5.41 Å². The summed E-state index contributed by atoms with van der Waals surface area (Å²) in [5.74, 6) is -3.97. The molecule has 7 nitrogen and oxygen atoms in total. The second kappa shape index (κ2) is 9.65. The minimum absolute atomic E-state index is 0.198. The molecule has 0 spiro atoms. The summed E-state index contributed by atoms with van der Waals surface area (Å²) in [6.45, 7) is 1.12. The number of hydrogen-bond donors (Lipinski definition) is 3. The highest BCUT2D eigenvalue weighted by atomic mass is 19.4. The number of carbonyl (C=O) groups excluding carboxylic acids is 3. The molecule has 156 valence electrons. The van der Waals surface area contributed by atoms with Crippen molar-refractivity contribution in [1.82, 2.24) is 10.2 Å². The lowest BCUT2D eigenvalue weighted by Crippen LogP contribution is -2.48. The molecule has 0 aliphatic carbocycles. The molecule has 0 fully saturated rings. The molecule has 0 aliphatic heterocycles. The van der Waals surface area contributed by atoms with Crippen LogP contribution in [-0.2, 0) is 20.9 Å². The van der Waals surface area contributed by atoms with Gasteiger partial charge in [0.15, 0.2) is 0 Å². The van der Waals surface area contributed by atoms with E-state index >= 15 is 0 Å². The fourth-order valence-corrected chi connectivity index (χ4v) is 2.14. The van der Waals surface area contributed by atoms with Crippen LogP contribution < -0.4 is 5.32 Å². The molecule has 0 heterocycles. The smallest absolute Gasteiger partial charge is 0.396 e. The topological polar surface area (TPSA) is 107 Å². The third kappa shape index (κ3) is 6.61. The zero-order valence-electron chi connectivity index (χ0n) is 15.5. The number of hydrogen-bond acceptors (Lipinski definition) is 5. The summed E-state index contributed by atoms with van der Waals surface area (Å²) in [5, 5.41) is 21.1. The number of nitrogens with one attached hydrogen (secondary N) is 1. The van der Waals surface area contributed by atoms with Crippen molar-refractivity contribution in [2.75, 3.05) is 13.2 Å². The number of nitrogens with zero attached hydrogens (tertiary/aromatic N) is 1. The second-order valence-corrected chi connectivity index (χ2v) is 6.86. The van der Waals surface area contributed by atoms with Crippen LogP contribution in [-0.4, -0.2) is 58.3 Å². The van der Waals surface area contributed by atoms with Crippen LogP contribution in [0.25, 0.3) is 0 Å². The summed E-state index contributed by atoms with van der Waals surface area (Å²) in [4.78, 5) is 35.1. The standard InChI is InChI=1S/C18H23F3N2O5/c1-17(2,11-24)14(26)15(27)22-9-8-13(25)16(28)23(18(19,20)21)10-12-6-4-3-5-7-12/h3-7,14,24,26H,8-11H2,1-2H3,(H,22,27). The minimum Gasteiger partial charge on any atom is -0.396 e. The van der Waals surface area contributed by atoms with Crippen LogP contribution in [0.4, 0.5) is 13.2 Å². The van der Waals surface area contributed by atoms with Crippen molar-refractivity contribution < 1.29 is 37.8 Å². The fourth-order valence-electron chi connectivity index (χ4n) is 2.14. The molecular weight excluding hydrogens is 381 g/mol. The van der Waals surface area contributed by atoms with E-state index in [1.807, 2.05) is 0 Å². The van der Waals surface area contributed by atoms with E-state index in [0.29, 0.717) is 0 Å². The first-order valence-corrected chi connectivity index (χ1v) is 8.42. The molecular formula is C18H23F3N2O5. The van der Waals surface area contributed by atoms with Gasteiger partial charge in [0.1, 0.15) is 6.10 Å². The van der Waals surface area contributed by atoms with Gasteiger partial charge in [0.05, 0.1) is 13.2 Å². The van der Waals surface area contributed by atoms with Crippen molar-refractivity contribution in [1.29, 1.82) is 0 Å². The number of Topliss-reactive ketones (excluding diaryl/α,β-unsaturated/α-hetero) is 1. The highest BCUT2D eigenvalue weighted by molar-refractivity contribution is 6.36. The molecule has 1 rings (SSSR count). The van der Waals surface area contributed by atoms with Crippen molar-refractivity contribution in [3.05, 3.63) is 35.9 Å². The number of benzene rings is 1. The number of aliphatic hydroxyl groups excluding tert-OH is 2. The molecule has 3 N–H and O–H groups in total. The Bertz CT molecular complexity index is 692. The van der Waals surface area contributed by atoms with Crippen LogP contribution in [0.3, 0.4) is 0 Å². The van der Waals surface area contributed by atoms with E-state index in [4.69, 9.17) is 5.11 Å². The second-order valence-electron chi connectivity index (χ2n) is 6.86. The largest absolute Gasteiger partial charge is 0.487 e. The highest BCUT2D eigenvalue weighted by Crippen LogP contribution is 2.24. The van der Waals surface area contributed by atoms with Crippen LogP contribution in [0.5, 0.6) is 0 Å². The number of alkyl halides is 3. The van der Waals surface area contributed by atoms with Crippen LogP contribution in [0.1, 0.15) is 25.8 Å². The summed E-state index contributed by atoms with van der Waals surface area (Å²) < 4.78 is 39.5. The van der Waals surface area contributed by atoms with Crippen LogP contribution in [0.2, 0.25) is 0 Å². The van der Waals surface area contributed by atoms with Gasteiger partial charge in [0, 0.05) is 18.4 Å². The van der Waals surface area contributed by atoms with E-state index in [0.717, 1.165) is 0 Å². The minimum atomic E-state index is -5.05. The zero-order chi connectivity index (χ0) is 21.5. The number of rotatable bonds is 9. The van der Waals surface area contributed by atoms with Gasteiger partial charge in [-0.25, -0.2) is 4.90 Å². The first-order chi connectivity index (χ1) is 12.9. The molecule has 1 aromatic rings. The van der Waals surface area contributed by atoms with Gasteiger partial charge in [-0.2, -0.15) is 0 Å². The van der Waals surface area contributed by atoms with Gasteiger partial charge < -0.3 is 15.5 Å². The lowest BCUT2D eigenvalue weighted by molar-refractivity contribution is -0.243. The van der Waals surface area contributed by atoms with Crippen molar-refractivity contribution in [3.63, 3.8) is 0 Å². The molecule has 1 unspecified atom stereocenters. The maximum absolute atomic E-state index is 13.2. The molecule has 2 amide bonds. The Labute approximate surface area is 160 Å². The van der Waals surface area contributed by atoms with Crippen LogP contribution in [0.15, 0.2) is 30.3 Å². The number of halogens is 3. The van der Waals surface area contributed by atoms with E-state index in [9.17, 15) is 32.7 Å². The van der Waals surface area contributed by atoms with Gasteiger partial charge in [0.25, 0.3) is 5.91 Å². The molecule has 10 heteroatoms. The predicted molar refractivity (Wildman–Crippen MR) is 92.6 cm³/mol. The summed E-state index contributed by atoms with van der Waals surface area (Å²) in [6.07, 6.45) is -7.31. The van der Waals surface area contributed by atoms with Crippen molar-refractivity contribution in [2.45, 2.75) is 39.2 Å². The normalized spacial score (nSPS) is 13.0. The molecule has 1 atom stereocenters. The fraction of sp³-hybridized carbons (Fsp3) is 0.500. The summed E-state index contributed by atoms with van der Waals surface area (Å²) in [7, 11) is 0. The van der Waals surface area contributed by atoms with Gasteiger partial charge in [-0.15, -0.1) is 13.2 Å². The molecule has 0 saturated carbocycles. The average Bonchev–Trinajstić information content (AvgIpc) is 2.64. The Morgan fingerprint density at radius 3 is 2.21 bits per heavy atom. The molecule has 0 aromatic heterocycles. The Balaban J connectivity index is 2.68. The monoisotopic (exact) mass is 404 g/mol. The average molecular weight is 404 g/mol. The van der Waals surface area contributed by atoms with Crippen molar-refractivity contribution in [3.8, 4) is 0 Å². The molecule has 0 bridgehead atoms. The molecule has 1 aromatic carbocycles. The maximum Gasteiger partial charge on any atom is 0.487 e. The third-order valence-electron chi connectivity index (χ3n) is 4.02. The third-order valence-corrected chi connectivity index (χ3v) is 4.02. The van der Waals surface area contributed by atoms with Crippen molar-refractivity contribution in [2.24, 2.45) is 5.41 Å². The molecule has 0 saturated heterocycles. The number of aliphatic hydroxyl groups is 2. The SMILES string of the molecule is CC(C)(CO)C(O)C(=O)NCCC(=O)C(=O)N(Cc1ccccc1)C(F)(F)F. The lowest BCUT2D eigenvalue weighted by Gasteiger charge is -2.27. The van der Waals surface area contributed by atoms with E-state index in [-0.39, 0.29) is 5.56 Å². The molecule has 0 radical (unpaired) electrons. The number of amides is 2. The summed E-state index contributed by atoms with van der Waals surface area (Å²) in [5.41, 5.74) is -0.948. The van der Waals surface area contributed by atoms with E-state index in [2.05, 4.69) is 5.32 Å². The van der Waals surface area contributed by atoms with Crippen LogP contribution >= 0.6 is 0 Å². The predicted octanol–water partition coefficient (Wildman–Crippen LogP) is 0.990. The number of carbonyl (C=O) groups is 3. The first kappa shape index (κ1) is 23.6. The lowest BCUT2D eigenvalue weighted by atomic mass is 9.87. The first-order valence-electron chi connectivity index (χ1n) is 8.42. The molecule has 28 heavy (non-hydrogen) atoms. The van der Waals surface area contributed by atoms with E-state index < -0.39 is 66.4 Å². The zero-order valence-corrected chi connectivity index (χ0v) is 15.5. The molecule has 0 aliphatic rings. The summed E-state index contributed by atoms with van der Waals surface area (Å²) >= 11 is 0. The Morgan fingerprint density at radius 2 is 1.71 bits per heavy atom. The van der Waals surface area contributed by atoms with Crippen molar-refractivity contribution >= 4 is 17.6 Å². The van der Waals surface area contributed by atoms with E-state index in [1.54, 1.807) is 6.07 Å².